The molecule has 0 aliphatic carbocycles. The lowest BCUT2D eigenvalue weighted by molar-refractivity contribution is 0.103. The maximum absolute atomic E-state index is 12.0. The second-order valence-corrected chi connectivity index (χ2v) is 5.18. The number of hydrogen-bond donors (Lipinski definition) is 2. The summed E-state index contributed by atoms with van der Waals surface area (Å²) in [6.45, 7) is 2.33. The van der Waals surface area contributed by atoms with Crippen LogP contribution in [0, 0.1) is 6.92 Å². The van der Waals surface area contributed by atoms with Crippen LogP contribution < -0.4 is 11.1 Å². The summed E-state index contributed by atoms with van der Waals surface area (Å²) in [5.74, 6) is -0.188. The third-order valence-electron chi connectivity index (χ3n) is 2.53. The van der Waals surface area contributed by atoms with E-state index in [0.29, 0.717) is 16.4 Å². The van der Waals surface area contributed by atoms with Crippen molar-refractivity contribution < 1.29 is 4.79 Å². The number of thiophene rings is 1. The van der Waals surface area contributed by atoms with E-state index < -0.39 is 0 Å². The first-order valence-corrected chi connectivity index (χ1v) is 6.71. The highest BCUT2D eigenvalue weighted by Gasteiger charge is 2.14. The van der Waals surface area contributed by atoms with E-state index >= 15 is 0 Å². The van der Waals surface area contributed by atoms with E-state index in [9.17, 15) is 4.79 Å². The van der Waals surface area contributed by atoms with Crippen LogP contribution in [-0.4, -0.2) is 5.91 Å². The molecule has 2 aromatic rings. The fourth-order valence-corrected chi connectivity index (χ4v) is 2.72. The van der Waals surface area contributed by atoms with Gasteiger partial charge in [-0.1, -0.05) is 23.7 Å². The van der Waals surface area contributed by atoms with Crippen molar-refractivity contribution in [1.29, 1.82) is 0 Å². The van der Waals surface area contributed by atoms with Crippen LogP contribution in [0.5, 0.6) is 0 Å². The minimum atomic E-state index is -0.188. The van der Waals surface area contributed by atoms with Gasteiger partial charge >= 0.3 is 0 Å². The molecule has 3 nitrogen and oxygen atoms in total. The molecule has 1 amide bonds. The predicted molar refractivity (Wildman–Crippen MR) is 76.4 cm³/mol. The van der Waals surface area contributed by atoms with Gasteiger partial charge in [0.05, 0.1) is 5.02 Å². The molecule has 2 rings (SSSR count). The van der Waals surface area contributed by atoms with Crippen molar-refractivity contribution in [2.45, 2.75) is 13.5 Å². The number of benzene rings is 1. The molecule has 18 heavy (non-hydrogen) atoms. The van der Waals surface area contributed by atoms with Crippen molar-refractivity contribution in [1.82, 2.24) is 0 Å². The number of hydrogen-bond acceptors (Lipinski definition) is 3. The summed E-state index contributed by atoms with van der Waals surface area (Å²) in [6.07, 6.45) is 0. The Morgan fingerprint density at radius 3 is 2.89 bits per heavy atom. The van der Waals surface area contributed by atoms with Crippen molar-refractivity contribution in [3.8, 4) is 0 Å². The Bertz CT molecular complexity index is 580. The number of halogens is 1. The molecule has 1 heterocycles. The molecule has 3 N–H and O–H groups in total. The van der Waals surface area contributed by atoms with Gasteiger partial charge in [-0.3, -0.25) is 4.79 Å². The first-order valence-electron chi connectivity index (χ1n) is 5.45. The molecule has 0 saturated carbocycles. The van der Waals surface area contributed by atoms with Crippen LogP contribution in [0.4, 0.5) is 5.69 Å². The summed E-state index contributed by atoms with van der Waals surface area (Å²) < 4.78 is 0. The van der Waals surface area contributed by atoms with Crippen LogP contribution in [0.15, 0.2) is 29.6 Å². The van der Waals surface area contributed by atoms with E-state index in [1.165, 1.54) is 11.3 Å². The van der Waals surface area contributed by atoms with E-state index in [0.717, 1.165) is 16.8 Å². The SMILES string of the molecule is Cc1csc(C(=O)Nc2cccc(CN)c2)c1Cl. The van der Waals surface area contributed by atoms with E-state index in [1.807, 2.05) is 36.6 Å². The van der Waals surface area contributed by atoms with Crippen molar-refractivity contribution >= 4 is 34.5 Å². The van der Waals surface area contributed by atoms with Crippen molar-refractivity contribution in [2.24, 2.45) is 5.73 Å². The van der Waals surface area contributed by atoms with Crippen LogP contribution in [0.1, 0.15) is 20.8 Å². The number of anilines is 1. The summed E-state index contributed by atoms with van der Waals surface area (Å²) in [4.78, 5) is 12.6. The van der Waals surface area contributed by atoms with Crippen LogP contribution in [0.3, 0.4) is 0 Å². The summed E-state index contributed by atoms with van der Waals surface area (Å²) in [5.41, 5.74) is 8.18. The average Bonchev–Trinajstić information content (AvgIpc) is 2.70. The number of carbonyl (C=O) groups excluding carboxylic acids is 1. The summed E-state index contributed by atoms with van der Waals surface area (Å²) in [6, 6.07) is 7.45. The molecule has 0 aliphatic heterocycles. The maximum Gasteiger partial charge on any atom is 0.267 e. The third-order valence-corrected chi connectivity index (χ3v) is 4.22. The maximum atomic E-state index is 12.0. The minimum absolute atomic E-state index is 0.188. The number of rotatable bonds is 3. The number of nitrogens with two attached hydrogens (primary N) is 1. The summed E-state index contributed by atoms with van der Waals surface area (Å²) in [5, 5.41) is 5.21. The van der Waals surface area contributed by atoms with Gasteiger partial charge in [0, 0.05) is 12.2 Å². The molecule has 0 fully saturated rings. The highest BCUT2D eigenvalue weighted by Crippen LogP contribution is 2.27. The van der Waals surface area contributed by atoms with Gasteiger partial charge in [-0.2, -0.15) is 0 Å². The number of carbonyl (C=O) groups is 1. The minimum Gasteiger partial charge on any atom is -0.326 e. The van der Waals surface area contributed by atoms with E-state index in [1.54, 1.807) is 0 Å². The molecule has 94 valence electrons. The second kappa shape index (κ2) is 5.52. The second-order valence-electron chi connectivity index (χ2n) is 3.92. The first-order chi connectivity index (χ1) is 8.61. The molecule has 0 unspecified atom stereocenters. The first kappa shape index (κ1) is 13.1. The molecule has 0 saturated heterocycles. The lowest BCUT2D eigenvalue weighted by Gasteiger charge is -2.05. The molecule has 0 radical (unpaired) electrons. The molecular formula is C13H13ClN2OS. The highest BCUT2D eigenvalue weighted by molar-refractivity contribution is 7.13. The van der Waals surface area contributed by atoms with E-state index in [2.05, 4.69) is 5.32 Å². The number of aryl methyl sites for hydroxylation is 1. The Morgan fingerprint density at radius 1 is 1.50 bits per heavy atom. The van der Waals surface area contributed by atoms with Gasteiger partial charge < -0.3 is 11.1 Å². The molecule has 5 heteroatoms. The Labute approximate surface area is 115 Å². The molecule has 1 aromatic carbocycles. The van der Waals surface area contributed by atoms with Gasteiger partial charge in [-0.05, 0) is 35.6 Å². The van der Waals surface area contributed by atoms with Crippen LogP contribution in [0.2, 0.25) is 5.02 Å². The van der Waals surface area contributed by atoms with Gasteiger partial charge in [0.1, 0.15) is 4.88 Å². The van der Waals surface area contributed by atoms with Gasteiger partial charge in [-0.25, -0.2) is 0 Å². The zero-order valence-electron chi connectivity index (χ0n) is 9.87. The average molecular weight is 281 g/mol. The Balaban J connectivity index is 2.18. The topological polar surface area (TPSA) is 55.1 Å². The zero-order chi connectivity index (χ0) is 13.1. The van der Waals surface area contributed by atoms with Crippen LogP contribution in [0.25, 0.3) is 0 Å². The zero-order valence-corrected chi connectivity index (χ0v) is 11.4. The summed E-state index contributed by atoms with van der Waals surface area (Å²) >= 11 is 7.40. The van der Waals surface area contributed by atoms with Crippen molar-refractivity contribution in [3.05, 3.63) is 50.7 Å². The van der Waals surface area contributed by atoms with Gasteiger partial charge in [-0.15, -0.1) is 11.3 Å². The smallest absolute Gasteiger partial charge is 0.267 e. The van der Waals surface area contributed by atoms with Crippen molar-refractivity contribution in [2.75, 3.05) is 5.32 Å². The third kappa shape index (κ3) is 2.72. The lowest BCUT2D eigenvalue weighted by atomic mass is 10.2. The van der Waals surface area contributed by atoms with Crippen molar-refractivity contribution in [3.63, 3.8) is 0 Å². The largest absolute Gasteiger partial charge is 0.326 e. The molecule has 0 spiro atoms. The Kier molecular flexibility index (Phi) is 4.01. The monoisotopic (exact) mass is 280 g/mol. The van der Waals surface area contributed by atoms with E-state index in [-0.39, 0.29) is 5.91 Å². The standard InChI is InChI=1S/C13H13ClN2OS/c1-8-7-18-12(11(8)14)13(17)16-10-4-2-3-9(5-10)6-15/h2-5,7H,6,15H2,1H3,(H,16,17). The Hall–Kier alpha value is -1.36. The Morgan fingerprint density at radius 2 is 2.28 bits per heavy atom. The van der Waals surface area contributed by atoms with Crippen LogP contribution >= 0.6 is 22.9 Å². The normalized spacial score (nSPS) is 10.4. The molecule has 1 aromatic heterocycles. The summed E-state index contributed by atoms with van der Waals surface area (Å²) in [7, 11) is 0. The molecule has 0 bridgehead atoms. The van der Waals surface area contributed by atoms with Gasteiger partial charge in [0.15, 0.2) is 0 Å². The molecule has 0 atom stereocenters. The quantitative estimate of drug-likeness (QED) is 0.905. The molecular weight excluding hydrogens is 268 g/mol. The lowest BCUT2D eigenvalue weighted by Crippen LogP contribution is -2.11. The van der Waals surface area contributed by atoms with Gasteiger partial charge in [0.25, 0.3) is 5.91 Å². The van der Waals surface area contributed by atoms with Gasteiger partial charge in [0.2, 0.25) is 0 Å². The number of nitrogens with one attached hydrogen (secondary N) is 1. The van der Waals surface area contributed by atoms with Crippen LogP contribution in [-0.2, 0) is 6.54 Å². The fraction of sp³-hybridized carbons (Fsp3) is 0.154. The predicted octanol–water partition coefficient (Wildman–Crippen LogP) is 3.42. The fourth-order valence-electron chi connectivity index (χ4n) is 1.55. The highest BCUT2D eigenvalue weighted by atomic mass is 35.5. The van der Waals surface area contributed by atoms with E-state index in [4.69, 9.17) is 17.3 Å². The number of amides is 1. The molecule has 0 aliphatic rings.